The fourth-order valence-electron chi connectivity index (χ4n) is 4.01. The lowest BCUT2D eigenvalue weighted by atomic mass is 9.92. The molecule has 3 heterocycles. The maximum atomic E-state index is 13.5. The molecule has 2 fully saturated rings. The van der Waals surface area contributed by atoms with Crippen molar-refractivity contribution in [3.8, 4) is 17.0 Å². The summed E-state index contributed by atoms with van der Waals surface area (Å²) in [5.74, 6) is 0.862. The molecule has 2 aliphatic rings. The Bertz CT molecular complexity index is 799. The number of fused-ring (bicyclic) bond motifs is 1. The van der Waals surface area contributed by atoms with E-state index in [4.69, 9.17) is 0 Å². The van der Waals surface area contributed by atoms with Gasteiger partial charge in [0.2, 0.25) is 5.95 Å². The molecule has 4 rings (SSSR count). The van der Waals surface area contributed by atoms with E-state index < -0.39 is 5.82 Å². The third kappa shape index (κ3) is 2.93. The number of halogens is 1. The molecule has 1 aromatic carbocycles. The molecule has 2 aromatic rings. The summed E-state index contributed by atoms with van der Waals surface area (Å²) in [6.07, 6.45) is 2.37. The average Bonchev–Trinajstić information content (AvgIpc) is 3.00. The second-order valence-corrected chi connectivity index (χ2v) is 7.07. The summed E-state index contributed by atoms with van der Waals surface area (Å²) in [6.45, 7) is 4.91. The van der Waals surface area contributed by atoms with Gasteiger partial charge in [-0.3, -0.25) is 0 Å². The number of aromatic nitrogens is 3. The van der Waals surface area contributed by atoms with Gasteiger partial charge in [-0.1, -0.05) is 0 Å². The van der Waals surface area contributed by atoms with E-state index in [-0.39, 0.29) is 5.75 Å². The molecule has 25 heavy (non-hydrogen) atoms. The largest absolute Gasteiger partial charge is 0.507 e. The first-order chi connectivity index (χ1) is 12.0. The summed E-state index contributed by atoms with van der Waals surface area (Å²) in [5.41, 5.74) is 1.37. The predicted molar refractivity (Wildman–Crippen MR) is 93.0 cm³/mol. The number of anilines is 1. The van der Waals surface area contributed by atoms with Crippen molar-refractivity contribution in [1.82, 2.24) is 20.1 Å². The summed E-state index contributed by atoms with van der Waals surface area (Å²) < 4.78 is 13.5. The minimum absolute atomic E-state index is 0.0245. The van der Waals surface area contributed by atoms with Crippen LogP contribution in [-0.4, -0.2) is 57.9 Å². The Morgan fingerprint density at radius 3 is 2.80 bits per heavy atom. The Labute approximate surface area is 146 Å². The van der Waals surface area contributed by atoms with Crippen molar-refractivity contribution >= 4 is 5.95 Å². The van der Waals surface area contributed by atoms with Crippen LogP contribution in [0.5, 0.6) is 5.75 Å². The number of likely N-dealkylation sites (N-methyl/N-ethyl adjacent to an activating group) is 1. The van der Waals surface area contributed by atoms with E-state index in [1.165, 1.54) is 24.6 Å². The number of aryl methyl sites for hydroxylation is 1. The van der Waals surface area contributed by atoms with Crippen molar-refractivity contribution in [3.05, 3.63) is 29.7 Å². The van der Waals surface area contributed by atoms with E-state index >= 15 is 0 Å². The van der Waals surface area contributed by atoms with Crippen molar-refractivity contribution in [2.45, 2.75) is 25.8 Å². The zero-order valence-corrected chi connectivity index (χ0v) is 14.5. The van der Waals surface area contributed by atoms with E-state index in [9.17, 15) is 9.50 Å². The van der Waals surface area contributed by atoms with Crippen LogP contribution in [0.2, 0.25) is 0 Å². The van der Waals surface area contributed by atoms with E-state index in [0.717, 1.165) is 26.1 Å². The summed E-state index contributed by atoms with van der Waals surface area (Å²) in [7, 11) is 2.15. The lowest BCUT2D eigenvalue weighted by molar-refractivity contribution is 0.207. The third-order valence-corrected chi connectivity index (χ3v) is 5.39. The molecule has 0 bridgehead atoms. The fourth-order valence-corrected chi connectivity index (χ4v) is 4.01. The van der Waals surface area contributed by atoms with Crippen molar-refractivity contribution in [2.24, 2.45) is 5.92 Å². The molecule has 2 saturated heterocycles. The van der Waals surface area contributed by atoms with E-state index in [1.54, 1.807) is 0 Å². The molecule has 132 valence electrons. The molecule has 0 unspecified atom stereocenters. The zero-order valence-electron chi connectivity index (χ0n) is 14.5. The van der Waals surface area contributed by atoms with Crippen molar-refractivity contribution < 1.29 is 9.50 Å². The Kier molecular flexibility index (Phi) is 4.03. The summed E-state index contributed by atoms with van der Waals surface area (Å²) in [4.78, 5) is 9.21. The van der Waals surface area contributed by atoms with Crippen molar-refractivity contribution in [3.63, 3.8) is 0 Å². The van der Waals surface area contributed by atoms with Crippen LogP contribution in [0.25, 0.3) is 11.3 Å². The van der Waals surface area contributed by atoms with E-state index in [0.29, 0.717) is 34.9 Å². The summed E-state index contributed by atoms with van der Waals surface area (Å²) in [6, 6.07) is 4.22. The zero-order chi connectivity index (χ0) is 17.6. The Morgan fingerprint density at radius 1 is 1.20 bits per heavy atom. The van der Waals surface area contributed by atoms with Gasteiger partial charge in [-0.05, 0) is 57.5 Å². The van der Waals surface area contributed by atoms with Crippen molar-refractivity contribution in [2.75, 3.05) is 31.6 Å². The molecule has 1 aromatic heterocycles. The highest BCUT2D eigenvalue weighted by atomic mass is 19.1. The molecular weight excluding hydrogens is 321 g/mol. The van der Waals surface area contributed by atoms with Crippen LogP contribution in [0.15, 0.2) is 18.2 Å². The first-order valence-corrected chi connectivity index (χ1v) is 8.68. The summed E-state index contributed by atoms with van der Waals surface area (Å²) >= 11 is 0. The van der Waals surface area contributed by atoms with Gasteiger partial charge in [-0.2, -0.15) is 0 Å². The second-order valence-electron chi connectivity index (χ2n) is 7.07. The first kappa shape index (κ1) is 16.2. The molecule has 2 atom stereocenters. The second kappa shape index (κ2) is 6.22. The normalized spacial score (nSPS) is 23.7. The molecule has 0 spiro atoms. The van der Waals surface area contributed by atoms with Gasteiger partial charge >= 0.3 is 0 Å². The average molecular weight is 343 g/mol. The number of benzene rings is 1. The number of rotatable bonds is 2. The van der Waals surface area contributed by atoms with Gasteiger partial charge in [0.15, 0.2) is 0 Å². The Morgan fingerprint density at radius 2 is 2.00 bits per heavy atom. The maximum Gasteiger partial charge on any atom is 0.245 e. The van der Waals surface area contributed by atoms with Gasteiger partial charge in [-0.15, -0.1) is 10.2 Å². The standard InChI is InChI=1S/C18H22FN5O/c1-11-17(14-9-13(19)3-4-16(14)25)21-22-18(20-11)24-8-6-12-5-7-23(2)10-15(12)24/h3-4,9,12,15,25H,5-8,10H2,1-2H3/t12-,15-/m0/s1. The number of hydrogen-bond donors (Lipinski definition) is 1. The van der Waals surface area contributed by atoms with Gasteiger partial charge < -0.3 is 14.9 Å². The molecule has 0 amide bonds. The van der Waals surface area contributed by atoms with E-state index in [2.05, 4.69) is 32.0 Å². The topological polar surface area (TPSA) is 65.4 Å². The third-order valence-electron chi connectivity index (χ3n) is 5.39. The Hall–Kier alpha value is -2.28. The van der Waals surface area contributed by atoms with Gasteiger partial charge in [0.05, 0.1) is 5.69 Å². The minimum atomic E-state index is -0.425. The smallest absolute Gasteiger partial charge is 0.245 e. The number of likely N-dealkylation sites (tertiary alicyclic amines) is 1. The lowest BCUT2D eigenvalue weighted by Crippen LogP contribution is -2.47. The molecular formula is C18H22FN5O. The molecule has 2 aliphatic heterocycles. The number of aromatic hydroxyl groups is 1. The van der Waals surface area contributed by atoms with Crippen LogP contribution < -0.4 is 4.90 Å². The van der Waals surface area contributed by atoms with Crippen molar-refractivity contribution in [1.29, 1.82) is 0 Å². The lowest BCUT2D eigenvalue weighted by Gasteiger charge is -2.36. The predicted octanol–water partition coefficient (Wildman–Crippen LogP) is 2.22. The molecule has 6 nitrogen and oxygen atoms in total. The summed E-state index contributed by atoms with van der Waals surface area (Å²) in [5, 5.41) is 18.6. The quantitative estimate of drug-likeness (QED) is 0.902. The molecule has 0 radical (unpaired) electrons. The van der Waals surface area contributed by atoms with Gasteiger partial charge in [0.1, 0.15) is 17.3 Å². The van der Waals surface area contributed by atoms with Crippen LogP contribution in [-0.2, 0) is 0 Å². The number of phenols is 1. The highest BCUT2D eigenvalue weighted by Gasteiger charge is 2.38. The highest BCUT2D eigenvalue weighted by molar-refractivity contribution is 5.68. The number of hydrogen-bond acceptors (Lipinski definition) is 6. The van der Waals surface area contributed by atoms with Gasteiger partial charge in [0, 0.05) is 24.7 Å². The minimum Gasteiger partial charge on any atom is -0.507 e. The van der Waals surface area contributed by atoms with Gasteiger partial charge in [0.25, 0.3) is 0 Å². The number of phenolic OH excluding ortho intramolecular Hbond substituents is 1. The molecule has 0 aliphatic carbocycles. The number of nitrogens with zero attached hydrogens (tertiary/aromatic N) is 5. The maximum absolute atomic E-state index is 13.5. The highest BCUT2D eigenvalue weighted by Crippen LogP contribution is 2.34. The van der Waals surface area contributed by atoms with E-state index in [1.807, 2.05) is 6.92 Å². The van der Waals surface area contributed by atoms with Gasteiger partial charge in [-0.25, -0.2) is 9.37 Å². The van der Waals surface area contributed by atoms with Crippen LogP contribution in [0.3, 0.4) is 0 Å². The Balaban J connectivity index is 1.65. The first-order valence-electron chi connectivity index (χ1n) is 8.68. The van der Waals surface area contributed by atoms with Crippen LogP contribution in [0, 0.1) is 18.7 Å². The molecule has 0 saturated carbocycles. The van der Waals surface area contributed by atoms with Crippen LogP contribution in [0.4, 0.5) is 10.3 Å². The SMILES string of the molecule is Cc1nc(N2CC[C@@H]3CCN(C)C[C@@H]32)nnc1-c1cc(F)ccc1O. The molecule has 1 N–H and O–H groups in total. The number of piperidine rings is 1. The van der Waals surface area contributed by atoms with Crippen LogP contribution in [0.1, 0.15) is 18.5 Å². The fraction of sp³-hybridized carbons (Fsp3) is 0.500. The molecule has 7 heteroatoms. The monoisotopic (exact) mass is 343 g/mol. The van der Waals surface area contributed by atoms with Crippen LogP contribution >= 0.6 is 0 Å².